The number of hydrogen-bond acceptors (Lipinski definition) is 2. The molecule has 2 aromatic rings. The molecule has 1 N–H and O–H groups in total. The van der Waals surface area contributed by atoms with E-state index in [4.69, 9.17) is 4.74 Å². The number of nitrogens with one attached hydrogen (secondary N) is 1. The molecule has 1 spiro atoms. The molecule has 2 aliphatic rings. The highest BCUT2D eigenvalue weighted by molar-refractivity contribution is 5.36. The van der Waals surface area contributed by atoms with Gasteiger partial charge in [0, 0.05) is 19.0 Å². The zero-order valence-electron chi connectivity index (χ0n) is 17.1. The number of hydrogen-bond donors (Lipinski definition) is 1. The van der Waals surface area contributed by atoms with Crippen LogP contribution in [0.3, 0.4) is 0 Å². The molecule has 150 valence electrons. The highest BCUT2D eigenvalue weighted by Gasteiger charge is 2.43. The van der Waals surface area contributed by atoms with Gasteiger partial charge in [-0.3, -0.25) is 4.39 Å². The zero-order chi connectivity index (χ0) is 19.6. The van der Waals surface area contributed by atoms with Gasteiger partial charge in [0.1, 0.15) is 0 Å². The van der Waals surface area contributed by atoms with Gasteiger partial charge in [0.05, 0.1) is 18.4 Å². The van der Waals surface area contributed by atoms with Crippen molar-refractivity contribution in [3.05, 3.63) is 70.3 Å². The predicted molar refractivity (Wildman–Crippen MR) is 112 cm³/mol. The summed E-state index contributed by atoms with van der Waals surface area (Å²) < 4.78 is 19.6. The second-order valence-electron chi connectivity index (χ2n) is 8.66. The van der Waals surface area contributed by atoms with Crippen molar-refractivity contribution in [3.8, 4) is 0 Å². The summed E-state index contributed by atoms with van der Waals surface area (Å²) in [6.45, 7) is 4.95. The molecule has 2 nitrogen and oxygen atoms in total. The fourth-order valence-corrected chi connectivity index (χ4v) is 5.07. The van der Waals surface area contributed by atoms with Crippen molar-refractivity contribution in [3.63, 3.8) is 0 Å². The molecule has 0 unspecified atom stereocenters. The lowest BCUT2D eigenvalue weighted by atomic mass is 9.73. The van der Waals surface area contributed by atoms with Crippen LogP contribution < -0.4 is 5.32 Å². The predicted octanol–water partition coefficient (Wildman–Crippen LogP) is 5.53. The highest BCUT2D eigenvalue weighted by atomic mass is 19.1. The van der Waals surface area contributed by atoms with E-state index in [-0.39, 0.29) is 18.4 Å². The average molecular weight is 382 g/mol. The number of ether oxygens (including phenoxy) is 1. The van der Waals surface area contributed by atoms with E-state index in [1.54, 1.807) is 0 Å². The molecule has 2 aromatic carbocycles. The lowest BCUT2D eigenvalue weighted by Crippen LogP contribution is -2.46. The van der Waals surface area contributed by atoms with Crippen LogP contribution in [-0.4, -0.2) is 18.8 Å². The molecule has 1 aliphatic carbocycles. The van der Waals surface area contributed by atoms with Gasteiger partial charge in [-0.25, -0.2) is 0 Å². The summed E-state index contributed by atoms with van der Waals surface area (Å²) in [6, 6.07) is 15.8. The van der Waals surface area contributed by atoms with Gasteiger partial charge in [-0.2, -0.15) is 0 Å². The Bertz CT molecular complexity index is 810. The molecular formula is C25H32FNO. The minimum absolute atomic E-state index is 0.0135. The molecule has 28 heavy (non-hydrogen) atoms. The first-order valence-corrected chi connectivity index (χ1v) is 10.7. The number of halogens is 1. The summed E-state index contributed by atoms with van der Waals surface area (Å²) in [7, 11) is 0. The summed E-state index contributed by atoms with van der Waals surface area (Å²) in [6.07, 6.45) is 5.58. The lowest BCUT2D eigenvalue weighted by molar-refractivity contribution is -0.136. The second kappa shape index (κ2) is 8.34. The van der Waals surface area contributed by atoms with Gasteiger partial charge in [0.25, 0.3) is 0 Å². The van der Waals surface area contributed by atoms with Crippen LogP contribution in [0.15, 0.2) is 42.5 Å². The van der Waals surface area contributed by atoms with Crippen LogP contribution >= 0.6 is 0 Å². The van der Waals surface area contributed by atoms with Gasteiger partial charge in [-0.05, 0) is 68.2 Å². The van der Waals surface area contributed by atoms with E-state index in [2.05, 4.69) is 61.6 Å². The number of rotatable bonds is 5. The normalized spacial score (nSPS) is 27.0. The first kappa shape index (κ1) is 19.6. The smallest absolute Gasteiger partial charge is 0.0939 e. The monoisotopic (exact) mass is 381 g/mol. The van der Waals surface area contributed by atoms with Crippen molar-refractivity contribution in [2.24, 2.45) is 0 Å². The van der Waals surface area contributed by atoms with Crippen molar-refractivity contribution in [2.75, 3.05) is 6.67 Å². The van der Waals surface area contributed by atoms with Gasteiger partial charge >= 0.3 is 0 Å². The van der Waals surface area contributed by atoms with Crippen molar-refractivity contribution in [1.29, 1.82) is 0 Å². The number of benzene rings is 2. The summed E-state index contributed by atoms with van der Waals surface area (Å²) in [5.74, 6) is 0. The number of alkyl halides is 1. The van der Waals surface area contributed by atoms with Crippen molar-refractivity contribution < 1.29 is 9.13 Å². The minimum Gasteiger partial charge on any atom is -0.367 e. The summed E-state index contributed by atoms with van der Waals surface area (Å²) in [4.78, 5) is 0. The fraction of sp³-hybridized carbons (Fsp3) is 0.520. The van der Waals surface area contributed by atoms with Crippen LogP contribution in [0.2, 0.25) is 0 Å². The van der Waals surface area contributed by atoms with E-state index in [1.165, 1.54) is 27.8 Å². The molecule has 0 aromatic heterocycles. The van der Waals surface area contributed by atoms with Crippen LogP contribution in [-0.2, 0) is 23.3 Å². The SMILES string of the molecule is Cc1ccc(CNC2CCC3(CC2)O[C@H](CCF)Cc2ccccc23)c(C)c1. The molecule has 0 radical (unpaired) electrons. The Balaban J connectivity index is 1.42. The Morgan fingerprint density at radius 1 is 1.11 bits per heavy atom. The molecule has 4 rings (SSSR count). The Labute approximate surface area is 168 Å². The molecule has 1 saturated carbocycles. The van der Waals surface area contributed by atoms with E-state index < -0.39 is 0 Å². The van der Waals surface area contributed by atoms with Crippen molar-refractivity contribution in [2.45, 2.75) is 76.7 Å². The highest BCUT2D eigenvalue weighted by Crippen LogP contribution is 2.46. The fourth-order valence-electron chi connectivity index (χ4n) is 5.07. The quantitative estimate of drug-likeness (QED) is 0.735. The summed E-state index contributed by atoms with van der Waals surface area (Å²) in [5.41, 5.74) is 6.54. The van der Waals surface area contributed by atoms with Crippen LogP contribution in [0.5, 0.6) is 0 Å². The van der Waals surface area contributed by atoms with Gasteiger partial charge in [-0.15, -0.1) is 0 Å². The van der Waals surface area contributed by atoms with Crippen molar-refractivity contribution in [1.82, 2.24) is 5.32 Å². The largest absolute Gasteiger partial charge is 0.367 e. The lowest BCUT2D eigenvalue weighted by Gasteiger charge is -2.47. The zero-order valence-corrected chi connectivity index (χ0v) is 17.1. The number of aryl methyl sites for hydroxylation is 2. The Morgan fingerprint density at radius 2 is 1.89 bits per heavy atom. The number of fused-ring (bicyclic) bond motifs is 2. The average Bonchev–Trinajstić information content (AvgIpc) is 2.69. The third-order valence-electron chi connectivity index (χ3n) is 6.65. The van der Waals surface area contributed by atoms with Crippen LogP contribution in [0.4, 0.5) is 4.39 Å². The van der Waals surface area contributed by atoms with E-state index >= 15 is 0 Å². The molecular weight excluding hydrogens is 349 g/mol. The maximum atomic E-state index is 13.0. The van der Waals surface area contributed by atoms with Gasteiger partial charge in [-0.1, -0.05) is 48.0 Å². The maximum Gasteiger partial charge on any atom is 0.0939 e. The Morgan fingerprint density at radius 3 is 2.64 bits per heavy atom. The molecule has 1 aliphatic heterocycles. The van der Waals surface area contributed by atoms with Crippen LogP contribution in [0.25, 0.3) is 0 Å². The van der Waals surface area contributed by atoms with Crippen LogP contribution in [0, 0.1) is 13.8 Å². The van der Waals surface area contributed by atoms with E-state index in [9.17, 15) is 4.39 Å². The molecule has 0 amide bonds. The molecule has 0 bridgehead atoms. The van der Waals surface area contributed by atoms with Crippen molar-refractivity contribution >= 4 is 0 Å². The molecule has 1 fully saturated rings. The van der Waals surface area contributed by atoms with Gasteiger partial charge < -0.3 is 10.1 Å². The first-order valence-electron chi connectivity index (χ1n) is 10.7. The molecule has 1 atom stereocenters. The first-order chi connectivity index (χ1) is 13.6. The van der Waals surface area contributed by atoms with E-state index in [0.717, 1.165) is 38.6 Å². The van der Waals surface area contributed by atoms with E-state index in [0.29, 0.717) is 12.5 Å². The summed E-state index contributed by atoms with van der Waals surface area (Å²) in [5, 5.41) is 3.76. The topological polar surface area (TPSA) is 21.3 Å². The molecule has 1 heterocycles. The van der Waals surface area contributed by atoms with Crippen LogP contribution in [0.1, 0.15) is 59.9 Å². The molecule has 3 heteroatoms. The minimum atomic E-state index is -0.303. The standard InChI is InChI=1S/C25H32FNO/c1-18-7-8-21(19(2)15-18)17-27-22-9-12-25(13-10-22)24-6-4-3-5-20(24)16-23(28-25)11-14-26/h3-8,15,22-23,27H,9-14,16-17H2,1-2H3/t22?,23-,25?/m1/s1. The molecule has 0 saturated heterocycles. The third-order valence-corrected chi connectivity index (χ3v) is 6.65. The second-order valence-corrected chi connectivity index (χ2v) is 8.66. The van der Waals surface area contributed by atoms with Gasteiger partial charge in [0.2, 0.25) is 0 Å². The Hall–Kier alpha value is -1.71. The Kier molecular flexibility index (Phi) is 5.84. The van der Waals surface area contributed by atoms with E-state index in [1.807, 2.05) is 0 Å². The summed E-state index contributed by atoms with van der Waals surface area (Å²) >= 11 is 0. The van der Waals surface area contributed by atoms with Gasteiger partial charge in [0.15, 0.2) is 0 Å². The third kappa shape index (κ3) is 4.01. The maximum absolute atomic E-state index is 13.0.